The molecule has 0 aliphatic heterocycles. The molecule has 0 saturated carbocycles. The third-order valence-corrected chi connectivity index (χ3v) is 11.3. The summed E-state index contributed by atoms with van der Waals surface area (Å²) in [7, 11) is 0. The van der Waals surface area contributed by atoms with Crippen LogP contribution in [-0.2, 0) is 31.6 Å². The number of hydrogen-bond acceptors (Lipinski definition) is 6. The lowest BCUT2D eigenvalue weighted by Crippen LogP contribution is -2.18. The van der Waals surface area contributed by atoms with Gasteiger partial charge in [-0.15, -0.1) is 0 Å². The fourth-order valence-corrected chi connectivity index (χ4v) is 7.78. The van der Waals surface area contributed by atoms with Crippen molar-refractivity contribution in [2.75, 3.05) is 18.1 Å². The molecule has 0 fully saturated rings. The van der Waals surface area contributed by atoms with Crippen molar-refractivity contribution >= 4 is 23.7 Å². The zero-order valence-corrected chi connectivity index (χ0v) is 36.7. The first-order valence-electron chi connectivity index (χ1n) is 21.6. The van der Waals surface area contributed by atoms with Crippen LogP contribution in [0.4, 0.5) is 0 Å². The molecular formula is C48H78O5S. The Morgan fingerprint density at radius 3 is 1.54 bits per heavy atom. The number of aromatic hydroxyl groups is 1. The molecule has 0 unspecified atom stereocenters. The van der Waals surface area contributed by atoms with Crippen molar-refractivity contribution < 1.29 is 24.2 Å². The highest BCUT2D eigenvalue weighted by atomic mass is 32.2. The summed E-state index contributed by atoms with van der Waals surface area (Å²) in [5.74, 6) is 1.73. The average Bonchev–Trinajstić information content (AvgIpc) is 3.10. The standard InChI is InChI=1S/C48H78O5S/c1-9-10-11-12-13-14-15-16-17-18-19-20-21-22-23-24-25-26-31-52-44(49)29-32-54-33-30-45(50)53-43-28-27-38(2)34-40(43)35-39-36-41(47(3,4)5)46(51)42(37-39)48(6,7)8/h27-28,34,36-37,51H,9-26,29-33,35H2,1-8H3. The lowest BCUT2D eigenvalue weighted by atomic mass is 9.78. The zero-order valence-electron chi connectivity index (χ0n) is 35.8. The van der Waals surface area contributed by atoms with Gasteiger partial charge in [-0.25, -0.2) is 0 Å². The van der Waals surface area contributed by atoms with E-state index in [1.54, 1.807) is 11.8 Å². The van der Waals surface area contributed by atoms with E-state index in [1.807, 2.05) is 19.1 Å². The van der Waals surface area contributed by atoms with Crippen LogP contribution in [0.15, 0.2) is 30.3 Å². The van der Waals surface area contributed by atoms with Gasteiger partial charge >= 0.3 is 11.9 Å². The second-order valence-corrected chi connectivity index (χ2v) is 18.9. The average molecular weight is 767 g/mol. The Hall–Kier alpha value is -2.47. The molecular weight excluding hydrogens is 689 g/mol. The lowest BCUT2D eigenvalue weighted by molar-refractivity contribution is -0.143. The van der Waals surface area contributed by atoms with Gasteiger partial charge in [-0.05, 0) is 52.5 Å². The second kappa shape index (κ2) is 26.4. The summed E-state index contributed by atoms with van der Waals surface area (Å²) in [6.45, 7) is 17.5. The van der Waals surface area contributed by atoms with Crippen molar-refractivity contribution in [1.82, 2.24) is 0 Å². The summed E-state index contributed by atoms with van der Waals surface area (Å²) in [6.07, 6.45) is 25.4. The Bertz CT molecular complexity index is 1320. The molecule has 0 radical (unpaired) electrons. The first-order chi connectivity index (χ1) is 25.7. The molecule has 0 spiro atoms. The fraction of sp³-hybridized carbons (Fsp3) is 0.708. The minimum Gasteiger partial charge on any atom is -0.507 e. The number of phenols is 1. The molecule has 5 nitrogen and oxygen atoms in total. The number of hydrogen-bond donors (Lipinski definition) is 1. The number of unbranched alkanes of at least 4 members (excludes halogenated alkanes) is 17. The number of ether oxygens (including phenoxy) is 2. The molecule has 0 bridgehead atoms. The summed E-state index contributed by atoms with van der Waals surface area (Å²) in [5.41, 5.74) is 4.51. The van der Waals surface area contributed by atoms with E-state index in [-0.39, 0.29) is 29.2 Å². The lowest BCUT2D eigenvalue weighted by Gasteiger charge is -2.28. The van der Waals surface area contributed by atoms with Gasteiger partial charge in [-0.2, -0.15) is 11.8 Å². The van der Waals surface area contributed by atoms with Gasteiger partial charge in [0.05, 0.1) is 19.4 Å². The largest absolute Gasteiger partial charge is 0.507 e. The minimum absolute atomic E-state index is 0.153. The highest BCUT2D eigenvalue weighted by molar-refractivity contribution is 7.99. The van der Waals surface area contributed by atoms with Gasteiger partial charge in [0, 0.05) is 17.9 Å². The molecule has 2 aromatic rings. The maximum absolute atomic E-state index is 12.9. The van der Waals surface area contributed by atoms with Crippen LogP contribution in [0.2, 0.25) is 0 Å². The van der Waals surface area contributed by atoms with Gasteiger partial charge in [-0.3, -0.25) is 9.59 Å². The summed E-state index contributed by atoms with van der Waals surface area (Å²) in [4.78, 5) is 25.1. The number of rotatable bonds is 28. The van der Waals surface area contributed by atoms with Crippen LogP contribution < -0.4 is 4.74 Å². The quantitative estimate of drug-likeness (QED) is 0.0528. The van der Waals surface area contributed by atoms with E-state index in [0.717, 1.165) is 40.7 Å². The van der Waals surface area contributed by atoms with E-state index in [2.05, 4.69) is 66.7 Å². The minimum atomic E-state index is -0.277. The summed E-state index contributed by atoms with van der Waals surface area (Å²) >= 11 is 1.58. The maximum Gasteiger partial charge on any atom is 0.312 e. The van der Waals surface area contributed by atoms with Crippen molar-refractivity contribution in [3.8, 4) is 11.5 Å². The van der Waals surface area contributed by atoms with Crippen molar-refractivity contribution in [3.63, 3.8) is 0 Å². The van der Waals surface area contributed by atoms with Gasteiger partial charge in [0.1, 0.15) is 11.5 Å². The van der Waals surface area contributed by atoms with Gasteiger partial charge in [0.15, 0.2) is 0 Å². The van der Waals surface area contributed by atoms with E-state index in [0.29, 0.717) is 42.5 Å². The summed E-state index contributed by atoms with van der Waals surface area (Å²) in [5, 5.41) is 11.2. The molecule has 0 saturated heterocycles. The Morgan fingerprint density at radius 2 is 1.07 bits per heavy atom. The van der Waals surface area contributed by atoms with Crippen LogP contribution in [0, 0.1) is 6.92 Å². The van der Waals surface area contributed by atoms with Crippen LogP contribution in [0.25, 0.3) is 0 Å². The third kappa shape index (κ3) is 20.4. The molecule has 6 heteroatoms. The van der Waals surface area contributed by atoms with Gasteiger partial charge in [-0.1, -0.05) is 187 Å². The second-order valence-electron chi connectivity index (χ2n) is 17.6. The molecule has 0 aromatic heterocycles. The number of phenolic OH excluding ortho intramolecular Hbond substituents is 1. The van der Waals surface area contributed by atoms with E-state index in [4.69, 9.17) is 9.47 Å². The Morgan fingerprint density at radius 1 is 0.630 bits per heavy atom. The van der Waals surface area contributed by atoms with Gasteiger partial charge < -0.3 is 14.6 Å². The SMILES string of the molecule is CCCCCCCCCCCCCCCCCCCCOC(=O)CCSCCC(=O)Oc1ccc(C)cc1Cc1cc(C(C)(C)C)c(O)c(C(C)(C)C)c1. The summed E-state index contributed by atoms with van der Waals surface area (Å²) < 4.78 is 11.3. The molecule has 2 rings (SSSR count). The number of esters is 2. The van der Waals surface area contributed by atoms with E-state index in [9.17, 15) is 14.7 Å². The van der Waals surface area contributed by atoms with Crippen LogP contribution >= 0.6 is 11.8 Å². The number of carbonyl (C=O) groups excluding carboxylic acids is 2. The molecule has 0 heterocycles. The third-order valence-electron chi connectivity index (χ3n) is 10.3. The molecule has 0 atom stereocenters. The first kappa shape index (κ1) is 47.7. The normalized spacial score (nSPS) is 11.9. The van der Waals surface area contributed by atoms with E-state index < -0.39 is 0 Å². The van der Waals surface area contributed by atoms with Gasteiger partial charge in [0.25, 0.3) is 0 Å². The van der Waals surface area contributed by atoms with Crippen LogP contribution in [0.1, 0.15) is 205 Å². The number of thioether (sulfide) groups is 1. The zero-order chi connectivity index (χ0) is 39.8. The smallest absolute Gasteiger partial charge is 0.312 e. The predicted molar refractivity (Wildman–Crippen MR) is 231 cm³/mol. The maximum atomic E-state index is 12.9. The first-order valence-corrected chi connectivity index (χ1v) is 22.8. The van der Waals surface area contributed by atoms with Crippen molar-refractivity contribution in [3.05, 3.63) is 58.1 Å². The van der Waals surface area contributed by atoms with Crippen LogP contribution in [-0.4, -0.2) is 35.2 Å². The number of benzene rings is 2. The van der Waals surface area contributed by atoms with Crippen LogP contribution in [0.5, 0.6) is 11.5 Å². The van der Waals surface area contributed by atoms with E-state index in [1.165, 1.54) is 103 Å². The monoisotopic (exact) mass is 767 g/mol. The van der Waals surface area contributed by atoms with Crippen molar-refractivity contribution in [2.24, 2.45) is 0 Å². The Labute approximate surface area is 335 Å². The predicted octanol–water partition coefficient (Wildman–Crippen LogP) is 13.9. The fourth-order valence-electron chi connectivity index (χ4n) is 6.95. The number of carbonyl (C=O) groups is 2. The van der Waals surface area contributed by atoms with E-state index >= 15 is 0 Å². The molecule has 2 aromatic carbocycles. The van der Waals surface area contributed by atoms with Crippen LogP contribution in [0.3, 0.4) is 0 Å². The van der Waals surface area contributed by atoms with Crippen molar-refractivity contribution in [2.45, 2.75) is 201 Å². The molecule has 306 valence electrons. The van der Waals surface area contributed by atoms with Gasteiger partial charge in [0.2, 0.25) is 0 Å². The molecule has 54 heavy (non-hydrogen) atoms. The highest BCUT2D eigenvalue weighted by Gasteiger charge is 2.27. The van der Waals surface area contributed by atoms with Crippen molar-refractivity contribution in [1.29, 1.82) is 0 Å². The molecule has 0 aliphatic rings. The highest BCUT2D eigenvalue weighted by Crippen LogP contribution is 2.40. The molecule has 0 aliphatic carbocycles. The topological polar surface area (TPSA) is 72.8 Å². The summed E-state index contributed by atoms with van der Waals surface area (Å²) in [6, 6.07) is 10.1. The molecule has 0 amide bonds. The Balaban J connectivity index is 1.57. The Kier molecular flexibility index (Phi) is 23.3. The number of aryl methyl sites for hydroxylation is 1. The molecule has 1 N–H and O–H groups in total.